The third-order valence-corrected chi connectivity index (χ3v) is 5.29. The molecule has 0 saturated heterocycles. The molecule has 2 atom stereocenters. The topological polar surface area (TPSA) is 58.6 Å². The average Bonchev–Trinajstić information content (AvgIpc) is 2.74. The highest BCUT2D eigenvalue weighted by Crippen LogP contribution is 2.17. The van der Waals surface area contributed by atoms with Crippen LogP contribution in [0.1, 0.15) is 44.7 Å². The Morgan fingerprint density at radius 3 is 2.23 bits per heavy atom. The molecule has 2 amide bonds. The number of aryl methyl sites for hydroxylation is 1. The lowest BCUT2D eigenvalue weighted by Crippen LogP contribution is -2.51. The summed E-state index contributed by atoms with van der Waals surface area (Å²) < 4.78 is 5.69. The molecule has 0 aliphatic carbocycles. The third kappa shape index (κ3) is 7.06. The molecule has 0 heterocycles. The Bertz CT molecular complexity index is 821. The van der Waals surface area contributed by atoms with Crippen molar-refractivity contribution < 1.29 is 14.3 Å². The van der Waals surface area contributed by atoms with Crippen molar-refractivity contribution in [3.63, 3.8) is 0 Å². The molecule has 5 nitrogen and oxygen atoms in total. The quantitative estimate of drug-likeness (QED) is 0.591. The Morgan fingerprint density at radius 1 is 1.03 bits per heavy atom. The molecule has 0 saturated carbocycles. The molecule has 162 valence electrons. The predicted octanol–water partition coefficient (Wildman–Crippen LogP) is 4.75. The first kappa shape index (κ1) is 23.7. The van der Waals surface area contributed by atoms with Crippen molar-refractivity contribution in [2.75, 3.05) is 6.61 Å². The molecule has 0 bridgehead atoms. The molecule has 2 aromatic carbocycles. The van der Waals surface area contributed by atoms with Gasteiger partial charge in [-0.05, 0) is 56.5 Å². The first-order chi connectivity index (χ1) is 14.3. The van der Waals surface area contributed by atoms with E-state index in [0.717, 1.165) is 17.5 Å². The monoisotopic (exact) mass is 430 g/mol. The van der Waals surface area contributed by atoms with Gasteiger partial charge in [-0.15, -0.1) is 0 Å². The van der Waals surface area contributed by atoms with Crippen LogP contribution < -0.4 is 10.1 Å². The van der Waals surface area contributed by atoms with Gasteiger partial charge in [0.25, 0.3) is 5.91 Å². The Kier molecular flexibility index (Phi) is 9.18. The van der Waals surface area contributed by atoms with E-state index in [2.05, 4.69) is 5.32 Å². The summed E-state index contributed by atoms with van der Waals surface area (Å²) in [7, 11) is 0. The normalized spacial score (nSPS) is 12.7. The summed E-state index contributed by atoms with van der Waals surface area (Å²) in [6.45, 7) is 8.03. The highest BCUT2D eigenvalue weighted by molar-refractivity contribution is 6.30. The fourth-order valence-electron chi connectivity index (χ4n) is 3.01. The van der Waals surface area contributed by atoms with E-state index in [4.69, 9.17) is 16.3 Å². The first-order valence-corrected chi connectivity index (χ1v) is 10.8. The number of nitrogens with one attached hydrogen (secondary N) is 1. The van der Waals surface area contributed by atoms with Gasteiger partial charge in [0, 0.05) is 17.6 Å². The van der Waals surface area contributed by atoms with Gasteiger partial charge in [0.2, 0.25) is 5.91 Å². The number of carbonyl (C=O) groups is 2. The van der Waals surface area contributed by atoms with E-state index in [0.29, 0.717) is 23.7 Å². The molecule has 2 unspecified atom stereocenters. The van der Waals surface area contributed by atoms with Gasteiger partial charge in [-0.1, -0.05) is 55.3 Å². The van der Waals surface area contributed by atoms with Gasteiger partial charge in [0.05, 0.1) is 0 Å². The standard InChI is InChI=1S/C24H31ClN2O3/c1-5-18(4)26-24(29)22(6-2)27(15-19-9-11-20(25)12-10-19)23(28)16-30-21-13-7-17(3)8-14-21/h7-14,18,22H,5-6,15-16H2,1-4H3,(H,26,29). The lowest BCUT2D eigenvalue weighted by Gasteiger charge is -2.31. The molecular formula is C24H31ClN2O3. The number of carbonyl (C=O) groups excluding carboxylic acids is 2. The fourth-order valence-corrected chi connectivity index (χ4v) is 3.14. The number of nitrogens with zero attached hydrogens (tertiary/aromatic N) is 1. The first-order valence-electron chi connectivity index (χ1n) is 10.4. The summed E-state index contributed by atoms with van der Waals surface area (Å²) in [6, 6.07) is 14.3. The highest BCUT2D eigenvalue weighted by atomic mass is 35.5. The second-order valence-electron chi connectivity index (χ2n) is 7.49. The molecule has 2 rings (SSSR count). The number of hydrogen-bond donors (Lipinski definition) is 1. The van der Waals surface area contributed by atoms with Crippen molar-refractivity contribution in [1.29, 1.82) is 0 Å². The van der Waals surface area contributed by atoms with E-state index in [1.54, 1.807) is 17.0 Å². The molecule has 0 fully saturated rings. The van der Waals surface area contributed by atoms with Crippen molar-refractivity contribution in [3.05, 3.63) is 64.7 Å². The maximum absolute atomic E-state index is 13.1. The van der Waals surface area contributed by atoms with Crippen molar-refractivity contribution in [2.24, 2.45) is 0 Å². The van der Waals surface area contributed by atoms with E-state index in [1.807, 2.05) is 64.1 Å². The van der Waals surface area contributed by atoms with Crippen molar-refractivity contribution >= 4 is 23.4 Å². The van der Waals surface area contributed by atoms with Crippen molar-refractivity contribution in [2.45, 2.75) is 59.2 Å². The molecule has 0 aliphatic heterocycles. The van der Waals surface area contributed by atoms with Crippen LogP contribution in [0.15, 0.2) is 48.5 Å². The summed E-state index contributed by atoms with van der Waals surface area (Å²) in [4.78, 5) is 27.6. The van der Waals surface area contributed by atoms with Gasteiger partial charge < -0.3 is 15.0 Å². The Balaban J connectivity index is 2.19. The summed E-state index contributed by atoms with van der Waals surface area (Å²) in [6.07, 6.45) is 1.33. The SMILES string of the molecule is CCC(C)NC(=O)C(CC)N(Cc1ccc(Cl)cc1)C(=O)COc1ccc(C)cc1. The summed E-state index contributed by atoms with van der Waals surface area (Å²) in [5.74, 6) is 0.235. The maximum atomic E-state index is 13.1. The second kappa shape index (κ2) is 11.6. The van der Waals surface area contributed by atoms with Crippen molar-refractivity contribution in [3.8, 4) is 5.75 Å². The number of ether oxygens (including phenoxy) is 1. The lowest BCUT2D eigenvalue weighted by molar-refractivity contribution is -0.143. The summed E-state index contributed by atoms with van der Waals surface area (Å²) in [5, 5.41) is 3.62. The van der Waals surface area contributed by atoms with Crippen molar-refractivity contribution in [1.82, 2.24) is 10.2 Å². The lowest BCUT2D eigenvalue weighted by atomic mass is 10.1. The Hall–Kier alpha value is -2.53. The molecule has 0 aliphatic rings. The number of halogens is 1. The molecule has 1 N–H and O–H groups in total. The minimum Gasteiger partial charge on any atom is -0.484 e. The number of amides is 2. The molecule has 2 aromatic rings. The second-order valence-corrected chi connectivity index (χ2v) is 7.93. The summed E-state index contributed by atoms with van der Waals surface area (Å²) >= 11 is 5.99. The molecular weight excluding hydrogens is 400 g/mol. The van der Waals surface area contributed by atoms with E-state index >= 15 is 0 Å². The van der Waals surface area contributed by atoms with Gasteiger partial charge in [0.1, 0.15) is 11.8 Å². The smallest absolute Gasteiger partial charge is 0.261 e. The van der Waals surface area contributed by atoms with E-state index < -0.39 is 6.04 Å². The predicted molar refractivity (Wildman–Crippen MR) is 121 cm³/mol. The van der Waals surface area contributed by atoms with Crippen LogP contribution in [0.3, 0.4) is 0 Å². The van der Waals surface area contributed by atoms with Gasteiger partial charge in [-0.2, -0.15) is 0 Å². The number of rotatable bonds is 10. The van der Waals surface area contributed by atoms with E-state index in [9.17, 15) is 9.59 Å². The largest absolute Gasteiger partial charge is 0.484 e. The molecule has 0 spiro atoms. The van der Waals surface area contributed by atoms with Gasteiger partial charge >= 0.3 is 0 Å². The van der Waals surface area contributed by atoms with Gasteiger partial charge in [-0.3, -0.25) is 9.59 Å². The van der Waals surface area contributed by atoms with Crippen LogP contribution in [-0.4, -0.2) is 35.4 Å². The third-order valence-electron chi connectivity index (χ3n) is 5.04. The molecule has 30 heavy (non-hydrogen) atoms. The maximum Gasteiger partial charge on any atom is 0.261 e. The van der Waals surface area contributed by atoms with Crippen LogP contribution in [0.25, 0.3) is 0 Å². The molecule has 6 heteroatoms. The van der Waals surface area contributed by atoms with Crippen LogP contribution in [0.2, 0.25) is 5.02 Å². The number of benzene rings is 2. The zero-order valence-electron chi connectivity index (χ0n) is 18.2. The molecule has 0 radical (unpaired) electrons. The number of hydrogen-bond acceptors (Lipinski definition) is 3. The Labute approximate surface area is 184 Å². The average molecular weight is 431 g/mol. The van der Waals surface area contributed by atoms with E-state index in [-0.39, 0.29) is 24.5 Å². The summed E-state index contributed by atoms with van der Waals surface area (Å²) in [5.41, 5.74) is 2.02. The minimum atomic E-state index is -0.580. The molecule has 0 aromatic heterocycles. The zero-order valence-corrected chi connectivity index (χ0v) is 18.9. The van der Waals surface area contributed by atoms with Gasteiger partial charge in [0.15, 0.2) is 6.61 Å². The van der Waals surface area contributed by atoms with Crippen LogP contribution in [0.5, 0.6) is 5.75 Å². The van der Waals surface area contributed by atoms with Gasteiger partial charge in [-0.25, -0.2) is 0 Å². The fraction of sp³-hybridized carbons (Fsp3) is 0.417. The van der Waals surface area contributed by atoms with Crippen LogP contribution in [0, 0.1) is 6.92 Å². The Morgan fingerprint density at radius 2 is 1.67 bits per heavy atom. The zero-order chi connectivity index (χ0) is 22.1. The van der Waals surface area contributed by atoms with Crippen LogP contribution in [-0.2, 0) is 16.1 Å². The van der Waals surface area contributed by atoms with Crippen LogP contribution >= 0.6 is 11.6 Å². The van der Waals surface area contributed by atoms with E-state index in [1.165, 1.54) is 0 Å². The highest BCUT2D eigenvalue weighted by Gasteiger charge is 2.29. The van der Waals surface area contributed by atoms with Crippen LogP contribution in [0.4, 0.5) is 0 Å². The minimum absolute atomic E-state index is 0.0443.